The van der Waals surface area contributed by atoms with Crippen LogP contribution in [0, 0.1) is 5.41 Å². The molecule has 1 aliphatic carbocycles. The van der Waals surface area contributed by atoms with E-state index in [9.17, 15) is 0 Å². The van der Waals surface area contributed by atoms with Crippen molar-refractivity contribution in [3.05, 3.63) is 18.2 Å². The molecule has 0 aliphatic heterocycles. The van der Waals surface area contributed by atoms with Gasteiger partial charge in [-0.25, -0.2) is 4.98 Å². The maximum absolute atomic E-state index is 6.05. The molecule has 1 fully saturated rings. The van der Waals surface area contributed by atoms with Crippen LogP contribution >= 0.6 is 0 Å². The van der Waals surface area contributed by atoms with Crippen molar-refractivity contribution in [3.8, 4) is 0 Å². The molecule has 1 aliphatic rings. The Bertz CT molecular complexity index is 379. The van der Waals surface area contributed by atoms with Crippen LogP contribution in [0.15, 0.2) is 12.4 Å². The molecule has 0 aromatic carbocycles. The van der Waals surface area contributed by atoms with Gasteiger partial charge in [-0.05, 0) is 44.8 Å². The highest BCUT2D eigenvalue weighted by Gasteiger charge is 2.30. The van der Waals surface area contributed by atoms with Gasteiger partial charge in [-0.2, -0.15) is 0 Å². The van der Waals surface area contributed by atoms with Gasteiger partial charge in [0.1, 0.15) is 5.82 Å². The van der Waals surface area contributed by atoms with Crippen molar-refractivity contribution in [1.29, 1.82) is 0 Å². The Morgan fingerprint density at radius 2 is 2.11 bits per heavy atom. The highest BCUT2D eigenvalue weighted by atomic mass is 15.1. The molecule has 19 heavy (non-hydrogen) atoms. The first-order valence-electron chi connectivity index (χ1n) is 7.50. The number of hydrogen-bond donors (Lipinski definition) is 1. The summed E-state index contributed by atoms with van der Waals surface area (Å²) in [5.41, 5.74) is 6.46. The van der Waals surface area contributed by atoms with E-state index in [-0.39, 0.29) is 0 Å². The first-order chi connectivity index (χ1) is 9.15. The van der Waals surface area contributed by atoms with Crippen LogP contribution in [-0.2, 0) is 13.6 Å². The first kappa shape index (κ1) is 14.5. The molecule has 108 valence electrons. The minimum absolute atomic E-state index is 0.411. The largest absolute Gasteiger partial charge is 0.337 e. The fourth-order valence-electron chi connectivity index (χ4n) is 3.16. The monoisotopic (exact) mass is 264 g/mol. The molecule has 4 heteroatoms. The second kappa shape index (κ2) is 6.53. The number of nitrogens with zero attached hydrogens (tertiary/aromatic N) is 3. The van der Waals surface area contributed by atoms with Crippen molar-refractivity contribution in [2.24, 2.45) is 18.2 Å². The normalized spacial score (nSPS) is 18.9. The van der Waals surface area contributed by atoms with E-state index in [0.717, 1.165) is 25.5 Å². The average Bonchev–Trinajstić information content (AvgIpc) is 2.83. The summed E-state index contributed by atoms with van der Waals surface area (Å²) in [5.74, 6) is 1.13. The van der Waals surface area contributed by atoms with Crippen molar-refractivity contribution < 1.29 is 0 Å². The van der Waals surface area contributed by atoms with Crippen molar-refractivity contribution >= 4 is 0 Å². The van der Waals surface area contributed by atoms with Crippen molar-refractivity contribution in [3.63, 3.8) is 0 Å². The van der Waals surface area contributed by atoms with Crippen molar-refractivity contribution in [2.45, 2.75) is 45.1 Å². The Balaban J connectivity index is 1.82. The van der Waals surface area contributed by atoms with E-state index in [4.69, 9.17) is 5.73 Å². The lowest BCUT2D eigenvalue weighted by molar-refractivity contribution is 0.153. The number of hydrogen-bond acceptors (Lipinski definition) is 3. The van der Waals surface area contributed by atoms with E-state index in [0.29, 0.717) is 5.41 Å². The summed E-state index contributed by atoms with van der Waals surface area (Å²) >= 11 is 0. The van der Waals surface area contributed by atoms with Gasteiger partial charge in [-0.3, -0.25) is 4.90 Å². The van der Waals surface area contributed by atoms with Crippen LogP contribution in [0.25, 0.3) is 0 Å². The molecule has 0 saturated heterocycles. The predicted molar refractivity (Wildman–Crippen MR) is 78.7 cm³/mol. The Labute approximate surface area is 117 Å². The maximum Gasteiger partial charge on any atom is 0.122 e. The van der Waals surface area contributed by atoms with E-state index in [2.05, 4.69) is 28.5 Å². The molecule has 2 N–H and O–H groups in total. The zero-order valence-corrected chi connectivity index (χ0v) is 12.4. The standard InChI is InChI=1S/C15H28N4/c1-18(12-14-17-9-11-19(14)2)10-8-15(13-16)6-4-3-5-7-15/h9,11H,3-8,10,12-13,16H2,1-2H3. The van der Waals surface area contributed by atoms with Crippen LogP contribution in [0.2, 0.25) is 0 Å². The fourth-order valence-corrected chi connectivity index (χ4v) is 3.16. The molecule has 0 atom stereocenters. The zero-order valence-electron chi connectivity index (χ0n) is 12.4. The summed E-state index contributed by atoms with van der Waals surface area (Å²) in [7, 11) is 4.24. The summed E-state index contributed by atoms with van der Waals surface area (Å²) < 4.78 is 2.09. The van der Waals surface area contributed by atoms with Gasteiger partial charge in [0.05, 0.1) is 6.54 Å². The van der Waals surface area contributed by atoms with Gasteiger partial charge in [0.15, 0.2) is 0 Å². The molecule has 0 bridgehead atoms. The Kier molecular flexibility index (Phi) is 4.99. The average molecular weight is 264 g/mol. The SMILES string of the molecule is CN(CCC1(CN)CCCCC1)Cc1nccn1C. The molecule has 0 spiro atoms. The lowest BCUT2D eigenvalue weighted by atomic mass is 9.72. The number of aromatic nitrogens is 2. The third-order valence-corrected chi connectivity index (χ3v) is 4.70. The zero-order chi connectivity index (χ0) is 13.7. The second-order valence-corrected chi connectivity index (χ2v) is 6.21. The van der Waals surface area contributed by atoms with Crippen LogP contribution in [0.5, 0.6) is 0 Å². The highest BCUT2D eigenvalue weighted by Crippen LogP contribution is 2.38. The number of aryl methyl sites for hydroxylation is 1. The van der Waals surface area contributed by atoms with Gasteiger partial charge in [-0.15, -0.1) is 0 Å². The smallest absolute Gasteiger partial charge is 0.122 e. The number of nitrogens with two attached hydrogens (primary N) is 1. The third-order valence-electron chi connectivity index (χ3n) is 4.70. The van der Waals surface area contributed by atoms with Crippen molar-refractivity contribution in [2.75, 3.05) is 20.1 Å². The number of rotatable bonds is 6. The van der Waals surface area contributed by atoms with E-state index in [1.165, 1.54) is 38.5 Å². The molecule has 1 aromatic heterocycles. The minimum atomic E-state index is 0.411. The van der Waals surface area contributed by atoms with Gasteiger partial charge in [0.2, 0.25) is 0 Å². The Morgan fingerprint density at radius 1 is 1.37 bits per heavy atom. The summed E-state index contributed by atoms with van der Waals surface area (Å²) in [6, 6.07) is 0. The lowest BCUT2D eigenvalue weighted by Gasteiger charge is -2.37. The van der Waals surface area contributed by atoms with E-state index < -0.39 is 0 Å². The van der Waals surface area contributed by atoms with Gasteiger partial charge in [0, 0.05) is 19.4 Å². The Morgan fingerprint density at radius 3 is 2.68 bits per heavy atom. The molecule has 0 radical (unpaired) electrons. The van der Waals surface area contributed by atoms with Gasteiger partial charge in [0.25, 0.3) is 0 Å². The van der Waals surface area contributed by atoms with Gasteiger partial charge >= 0.3 is 0 Å². The molecular formula is C15H28N4. The second-order valence-electron chi connectivity index (χ2n) is 6.21. The topological polar surface area (TPSA) is 47.1 Å². The Hall–Kier alpha value is -0.870. The van der Waals surface area contributed by atoms with Gasteiger partial charge < -0.3 is 10.3 Å². The van der Waals surface area contributed by atoms with Crippen LogP contribution in [0.4, 0.5) is 0 Å². The molecular weight excluding hydrogens is 236 g/mol. The van der Waals surface area contributed by atoms with Crippen LogP contribution in [0.3, 0.4) is 0 Å². The maximum atomic E-state index is 6.05. The number of imidazole rings is 1. The highest BCUT2D eigenvalue weighted by molar-refractivity contribution is 4.91. The summed E-state index contributed by atoms with van der Waals surface area (Å²) in [4.78, 5) is 6.75. The molecule has 1 aromatic rings. The third kappa shape index (κ3) is 3.80. The summed E-state index contributed by atoms with van der Waals surface area (Å²) in [6.45, 7) is 2.89. The molecule has 4 nitrogen and oxygen atoms in total. The fraction of sp³-hybridized carbons (Fsp3) is 0.800. The van der Waals surface area contributed by atoms with Gasteiger partial charge in [-0.1, -0.05) is 19.3 Å². The summed E-state index contributed by atoms with van der Waals surface area (Å²) in [6.07, 6.45) is 11.9. The molecule has 1 saturated carbocycles. The van der Waals surface area contributed by atoms with Crippen LogP contribution < -0.4 is 5.73 Å². The van der Waals surface area contributed by atoms with Crippen LogP contribution in [0.1, 0.15) is 44.3 Å². The summed E-state index contributed by atoms with van der Waals surface area (Å²) in [5, 5.41) is 0. The van der Waals surface area contributed by atoms with E-state index in [1.807, 2.05) is 12.4 Å². The quantitative estimate of drug-likeness (QED) is 0.856. The molecule has 1 heterocycles. The minimum Gasteiger partial charge on any atom is -0.337 e. The van der Waals surface area contributed by atoms with E-state index in [1.54, 1.807) is 0 Å². The first-order valence-corrected chi connectivity index (χ1v) is 7.50. The molecule has 0 unspecified atom stereocenters. The molecule has 0 amide bonds. The predicted octanol–water partition coefficient (Wildman–Crippen LogP) is 2.15. The van der Waals surface area contributed by atoms with Crippen molar-refractivity contribution in [1.82, 2.24) is 14.5 Å². The lowest BCUT2D eigenvalue weighted by Crippen LogP contribution is -2.36. The van der Waals surface area contributed by atoms with Crippen LogP contribution in [-0.4, -0.2) is 34.6 Å². The molecule has 2 rings (SSSR count). The van der Waals surface area contributed by atoms with E-state index >= 15 is 0 Å².